The third kappa shape index (κ3) is 3.77. The van der Waals surface area contributed by atoms with E-state index in [1.165, 1.54) is 0 Å². The van der Waals surface area contributed by atoms with Crippen molar-refractivity contribution >= 4 is 23.4 Å². The second-order valence-electron chi connectivity index (χ2n) is 7.58. The first-order valence-electron chi connectivity index (χ1n) is 10.1. The highest BCUT2D eigenvalue weighted by Gasteiger charge is 2.41. The zero-order valence-corrected chi connectivity index (χ0v) is 17.7. The van der Waals surface area contributed by atoms with Gasteiger partial charge in [0.15, 0.2) is 5.78 Å². The number of allylic oxidation sites excluding steroid dienone is 3. The number of aromatic nitrogens is 1. The third-order valence-corrected chi connectivity index (χ3v) is 5.93. The van der Waals surface area contributed by atoms with Crippen molar-refractivity contribution in [1.29, 1.82) is 0 Å². The van der Waals surface area contributed by atoms with E-state index in [4.69, 9.17) is 16.3 Å². The van der Waals surface area contributed by atoms with Crippen LogP contribution in [-0.2, 0) is 14.3 Å². The molecule has 0 saturated heterocycles. The molecule has 5 nitrogen and oxygen atoms in total. The molecule has 0 saturated carbocycles. The molecule has 2 heterocycles. The average Bonchev–Trinajstić information content (AvgIpc) is 2.74. The number of benzene rings is 1. The van der Waals surface area contributed by atoms with Crippen LogP contribution in [0.4, 0.5) is 0 Å². The van der Waals surface area contributed by atoms with Gasteiger partial charge in [-0.1, -0.05) is 29.8 Å². The SMILES string of the molecule is CCOC(=O)C1=C(C)NC2=C(C(=O)C[C@@H](c3ccc(Cl)cc3)C2)[C@H]1c1cccnc1. The highest BCUT2D eigenvalue weighted by atomic mass is 35.5. The van der Waals surface area contributed by atoms with E-state index in [2.05, 4.69) is 10.3 Å². The number of esters is 1. The number of hydrogen-bond donors (Lipinski definition) is 1. The molecule has 30 heavy (non-hydrogen) atoms. The summed E-state index contributed by atoms with van der Waals surface area (Å²) < 4.78 is 5.32. The Balaban J connectivity index is 1.77. The number of halogens is 1. The van der Waals surface area contributed by atoms with Crippen LogP contribution in [0.3, 0.4) is 0 Å². The van der Waals surface area contributed by atoms with Crippen LogP contribution in [0.2, 0.25) is 5.02 Å². The minimum atomic E-state index is -0.479. The zero-order valence-electron chi connectivity index (χ0n) is 16.9. The Labute approximate surface area is 180 Å². The number of rotatable bonds is 4. The van der Waals surface area contributed by atoms with Gasteiger partial charge in [0, 0.05) is 46.7 Å². The fourth-order valence-electron chi connectivity index (χ4n) is 4.37. The molecule has 1 aromatic carbocycles. The number of ketones is 1. The number of dihydropyridines is 1. The molecule has 1 aliphatic carbocycles. The van der Waals surface area contributed by atoms with E-state index >= 15 is 0 Å². The minimum Gasteiger partial charge on any atom is -0.463 e. The maximum atomic E-state index is 13.4. The van der Waals surface area contributed by atoms with Gasteiger partial charge in [0.1, 0.15) is 0 Å². The number of ether oxygens (including phenoxy) is 1. The number of carbonyl (C=O) groups is 2. The molecule has 0 radical (unpaired) electrons. The zero-order chi connectivity index (χ0) is 21.3. The molecule has 1 aliphatic heterocycles. The number of Topliss-reactive ketones (excluding diaryl/α,β-unsaturated/α-hetero) is 1. The maximum Gasteiger partial charge on any atom is 0.336 e. The van der Waals surface area contributed by atoms with E-state index in [1.54, 1.807) is 19.3 Å². The molecule has 0 bridgehead atoms. The van der Waals surface area contributed by atoms with Crippen LogP contribution in [0.25, 0.3) is 0 Å². The van der Waals surface area contributed by atoms with E-state index in [0.29, 0.717) is 34.7 Å². The summed E-state index contributed by atoms with van der Waals surface area (Å²) in [7, 11) is 0. The van der Waals surface area contributed by atoms with Gasteiger partial charge in [-0.25, -0.2) is 4.79 Å². The van der Waals surface area contributed by atoms with Crippen LogP contribution in [-0.4, -0.2) is 23.3 Å². The number of hydrogen-bond acceptors (Lipinski definition) is 5. The van der Waals surface area contributed by atoms with Crippen molar-refractivity contribution in [3.05, 3.63) is 87.5 Å². The molecule has 1 N–H and O–H groups in total. The van der Waals surface area contributed by atoms with Crippen molar-refractivity contribution in [2.24, 2.45) is 0 Å². The molecule has 0 unspecified atom stereocenters. The van der Waals surface area contributed by atoms with Crippen molar-refractivity contribution in [2.75, 3.05) is 6.61 Å². The fourth-order valence-corrected chi connectivity index (χ4v) is 4.50. The first-order chi connectivity index (χ1) is 14.5. The Morgan fingerprint density at radius 3 is 2.63 bits per heavy atom. The molecule has 0 spiro atoms. The van der Waals surface area contributed by atoms with E-state index < -0.39 is 11.9 Å². The Hall–Kier alpha value is -2.92. The van der Waals surface area contributed by atoms with Crippen molar-refractivity contribution in [3.63, 3.8) is 0 Å². The van der Waals surface area contributed by atoms with Gasteiger partial charge in [-0.15, -0.1) is 0 Å². The van der Waals surface area contributed by atoms with Gasteiger partial charge in [-0.05, 0) is 55.5 Å². The molecule has 4 rings (SSSR count). The van der Waals surface area contributed by atoms with Crippen LogP contribution >= 0.6 is 11.6 Å². The van der Waals surface area contributed by atoms with Gasteiger partial charge >= 0.3 is 5.97 Å². The van der Waals surface area contributed by atoms with Gasteiger partial charge in [0.2, 0.25) is 0 Å². The monoisotopic (exact) mass is 422 g/mol. The lowest BCUT2D eigenvalue weighted by Crippen LogP contribution is -2.36. The average molecular weight is 423 g/mol. The van der Waals surface area contributed by atoms with Crippen molar-refractivity contribution in [2.45, 2.75) is 38.5 Å². The topological polar surface area (TPSA) is 68.3 Å². The molecule has 2 aromatic rings. The van der Waals surface area contributed by atoms with E-state index in [9.17, 15) is 9.59 Å². The molecule has 1 aromatic heterocycles. The first kappa shape index (κ1) is 20.4. The van der Waals surface area contributed by atoms with Crippen LogP contribution in [0, 0.1) is 0 Å². The largest absolute Gasteiger partial charge is 0.463 e. The van der Waals surface area contributed by atoms with Gasteiger partial charge in [0.25, 0.3) is 0 Å². The third-order valence-electron chi connectivity index (χ3n) is 5.68. The summed E-state index contributed by atoms with van der Waals surface area (Å²) in [5.74, 6) is -0.789. The quantitative estimate of drug-likeness (QED) is 0.726. The summed E-state index contributed by atoms with van der Waals surface area (Å²) in [5.41, 5.74) is 4.59. The van der Waals surface area contributed by atoms with Gasteiger partial charge in [0.05, 0.1) is 12.2 Å². The number of pyridine rings is 1. The molecule has 2 atom stereocenters. The molecule has 2 aliphatic rings. The summed E-state index contributed by atoms with van der Waals surface area (Å²) >= 11 is 6.02. The molecule has 6 heteroatoms. The number of nitrogens with zero attached hydrogens (tertiary/aromatic N) is 1. The smallest absolute Gasteiger partial charge is 0.336 e. The molecular formula is C24H23ClN2O3. The lowest BCUT2D eigenvalue weighted by atomic mass is 9.72. The maximum absolute atomic E-state index is 13.4. The van der Waals surface area contributed by atoms with Crippen LogP contribution in [0.5, 0.6) is 0 Å². The van der Waals surface area contributed by atoms with E-state index in [-0.39, 0.29) is 18.3 Å². The lowest BCUT2D eigenvalue weighted by molar-refractivity contribution is -0.138. The standard InChI is InChI=1S/C24H23ClN2O3/c1-3-30-24(29)21-14(2)27-19-11-17(15-6-8-18(25)9-7-15)12-20(28)23(19)22(21)16-5-4-10-26-13-16/h4-10,13,17,22,27H,3,11-12H2,1-2H3/t17-,22-/m0/s1. The molecule has 0 fully saturated rings. The summed E-state index contributed by atoms with van der Waals surface area (Å²) in [5, 5.41) is 4.01. The van der Waals surface area contributed by atoms with Crippen LogP contribution < -0.4 is 5.32 Å². The minimum absolute atomic E-state index is 0.0341. The second-order valence-corrected chi connectivity index (χ2v) is 8.01. The van der Waals surface area contributed by atoms with Gasteiger partial charge < -0.3 is 10.1 Å². The van der Waals surface area contributed by atoms with Crippen molar-refractivity contribution in [1.82, 2.24) is 10.3 Å². The highest BCUT2D eigenvalue weighted by molar-refractivity contribution is 6.30. The lowest BCUT2D eigenvalue weighted by Gasteiger charge is -2.36. The number of nitrogens with one attached hydrogen (secondary N) is 1. The Kier molecular flexibility index (Phi) is 5.73. The summed E-state index contributed by atoms with van der Waals surface area (Å²) in [6.07, 6.45) is 4.46. The van der Waals surface area contributed by atoms with Gasteiger partial charge in [-0.2, -0.15) is 0 Å². The van der Waals surface area contributed by atoms with Crippen LogP contribution in [0.15, 0.2) is 71.3 Å². The summed E-state index contributed by atoms with van der Waals surface area (Å²) in [6.45, 7) is 3.90. The second kappa shape index (κ2) is 8.44. The number of carbonyl (C=O) groups excluding carboxylic acids is 2. The predicted molar refractivity (Wildman–Crippen MR) is 115 cm³/mol. The highest BCUT2D eigenvalue weighted by Crippen LogP contribution is 2.45. The van der Waals surface area contributed by atoms with E-state index in [1.807, 2.05) is 43.3 Å². The summed E-state index contributed by atoms with van der Waals surface area (Å²) in [4.78, 5) is 30.4. The van der Waals surface area contributed by atoms with Crippen LogP contribution in [0.1, 0.15) is 49.7 Å². The van der Waals surface area contributed by atoms with Crippen molar-refractivity contribution in [3.8, 4) is 0 Å². The first-order valence-corrected chi connectivity index (χ1v) is 10.4. The predicted octanol–water partition coefficient (Wildman–Crippen LogP) is 4.66. The normalized spacial score (nSPS) is 21.2. The Bertz CT molecular complexity index is 1040. The molecule has 0 amide bonds. The van der Waals surface area contributed by atoms with Crippen molar-refractivity contribution < 1.29 is 14.3 Å². The van der Waals surface area contributed by atoms with E-state index in [0.717, 1.165) is 16.8 Å². The Morgan fingerprint density at radius 1 is 1.20 bits per heavy atom. The summed E-state index contributed by atoms with van der Waals surface area (Å²) in [6, 6.07) is 11.4. The fraction of sp³-hybridized carbons (Fsp3) is 0.292. The molecule has 154 valence electrons. The van der Waals surface area contributed by atoms with Gasteiger partial charge in [-0.3, -0.25) is 9.78 Å². The Morgan fingerprint density at radius 2 is 1.97 bits per heavy atom. The molecular weight excluding hydrogens is 400 g/mol.